The highest BCUT2D eigenvalue weighted by Gasteiger charge is 2.22. The van der Waals surface area contributed by atoms with Crippen LogP contribution >= 0.6 is 11.6 Å². The molecule has 1 aliphatic rings. The maximum atomic E-state index is 11.2. The average Bonchev–Trinajstić information content (AvgIpc) is 3.10. The summed E-state index contributed by atoms with van der Waals surface area (Å²) in [6, 6.07) is 4.26. The molecule has 5 heteroatoms. The number of aliphatic carboxylic acids is 1. The number of benzene rings is 1. The van der Waals surface area contributed by atoms with Crippen LogP contribution in [0.5, 0.6) is 5.75 Å². The summed E-state index contributed by atoms with van der Waals surface area (Å²) in [4.78, 5) is 21.7. The molecule has 1 fully saturated rings. The zero-order valence-corrected chi connectivity index (χ0v) is 9.74. The highest BCUT2D eigenvalue weighted by atomic mass is 35.5. The molecule has 1 aromatic rings. The molecule has 0 aliphatic heterocycles. The molecule has 90 valence electrons. The Labute approximate surface area is 103 Å². The third-order valence-corrected chi connectivity index (χ3v) is 2.86. The molecule has 1 saturated carbocycles. The van der Waals surface area contributed by atoms with E-state index in [1.807, 2.05) is 0 Å². The topological polar surface area (TPSA) is 63.6 Å². The van der Waals surface area contributed by atoms with E-state index in [9.17, 15) is 9.59 Å². The van der Waals surface area contributed by atoms with Crippen LogP contribution in [0.1, 0.15) is 23.2 Å². The molecule has 0 amide bonds. The van der Waals surface area contributed by atoms with Crippen LogP contribution < -0.4 is 4.74 Å². The second-order valence-electron chi connectivity index (χ2n) is 4.03. The van der Waals surface area contributed by atoms with Crippen molar-refractivity contribution in [2.45, 2.75) is 12.8 Å². The van der Waals surface area contributed by atoms with Crippen LogP contribution in [0.4, 0.5) is 0 Å². The lowest BCUT2D eigenvalue weighted by molar-refractivity contribution is -0.131. The van der Waals surface area contributed by atoms with E-state index < -0.39 is 11.8 Å². The van der Waals surface area contributed by atoms with Crippen LogP contribution in [-0.4, -0.2) is 23.5 Å². The fraction of sp³-hybridized carbons (Fsp3) is 0.333. The molecule has 0 unspecified atom stereocenters. The minimum absolute atomic E-state index is 0.0567. The van der Waals surface area contributed by atoms with Gasteiger partial charge in [0, 0.05) is 5.56 Å². The smallest absolute Gasteiger partial charge is 0.377 e. The molecular weight excluding hydrogens is 244 g/mol. The molecule has 0 spiro atoms. The van der Waals surface area contributed by atoms with E-state index in [0.717, 1.165) is 0 Å². The number of carboxylic acids is 1. The number of halogens is 1. The predicted octanol–water partition coefficient (Wildman–Crippen LogP) is 2.40. The Kier molecular flexibility index (Phi) is 3.33. The van der Waals surface area contributed by atoms with Crippen LogP contribution in [0.25, 0.3) is 0 Å². The molecule has 4 nitrogen and oxygen atoms in total. The van der Waals surface area contributed by atoms with Gasteiger partial charge >= 0.3 is 5.97 Å². The van der Waals surface area contributed by atoms with Crippen LogP contribution in [0.2, 0.25) is 5.02 Å². The fourth-order valence-corrected chi connectivity index (χ4v) is 1.61. The van der Waals surface area contributed by atoms with Crippen molar-refractivity contribution in [3.05, 3.63) is 28.8 Å². The van der Waals surface area contributed by atoms with Crippen molar-refractivity contribution in [3.8, 4) is 5.75 Å². The number of rotatable bonds is 5. The molecule has 1 N–H and O–H groups in total. The van der Waals surface area contributed by atoms with Crippen molar-refractivity contribution in [3.63, 3.8) is 0 Å². The van der Waals surface area contributed by atoms with Gasteiger partial charge in [0.1, 0.15) is 5.75 Å². The SMILES string of the molecule is O=C(O)C(=O)c1ccc(OCC2CC2)c(Cl)c1. The van der Waals surface area contributed by atoms with Crippen molar-refractivity contribution in [2.75, 3.05) is 6.61 Å². The van der Waals surface area contributed by atoms with Crippen LogP contribution in [0, 0.1) is 5.92 Å². The lowest BCUT2D eigenvalue weighted by Crippen LogP contribution is -2.12. The number of carboxylic acid groups (broad SMARTS) is 1. The Balaban J connectivity index is 2.09. The summed E-state index contributed by atoms with van der Waals surface area (Å²) in [5, 5.41) is 8.82. The Morgan fingerprint density at radius 1 is 1.41 bits per heavy atom. The van der Waals surface area contributed by atoms with Gasteiger partial charge in [-0.2, -0.15) is 0 Å². The molecule has 17 heavy (non-hydrogen) atoms. The highest BCUT2D eigenvalue weighted by Crippen LogP contribution is 2.32. The van der Waals surface area contributed by atoms with Crippen LogP contribution in [0.15, 0.2) is 18.2 Å². The first-order chi connectivity index (χ1) is 8.08. The lowest BCUT2D eigenvalue weighted by atomic mass is 10.1. The van der Waals surface area contributed by atoms with Crippen molar-refractivity contribution < 1.29 is 19.4 Å². The Bertz CT molecular complexity index is 466. The van der Waals surface area contributed by atoms with Gasteiger partial charge in [0.25, 0.3) is 5.78 Å². The molecule has 1 aliphatic carbocycles. The number of hydrogen-bond donors (Lipinski definition) is 1. The first-order valence-electron chi connectivity index (χ1n) is 5.28. The maximum absolute atomic E-state index is 11.2. The summed E-state index contributed by atoms with van der Waals surface area (Å²) < 4.78 is 5.47. The van der Waals surface area contributed by atoms with Gasteiger partial charge in [-0.25, -0.2) is 4.79 Å². The normalized spacial score (nSPS) is 14.4. The van der Waals surface area contributed by atoms with Gasteiger partial charge in [-0.1, -0.05) is 11.6 Å². The Hall–Kier alpha value is -1.55. The molecule has 0 heterocycles. The summed E-state index contributed by atoms with van der Waals surface area (Å²) in [6.45, 7) is 0.617. The number of carbonyl (C=O) groups excluding carboxylic acids is 1. The maximum Gasteiger partial charge on any atom is 0.377 e. The second kappa shape index (κ2) is 4.75. The zero-order valence-electron chi connectivity index (χ0n) is 8.98. The van der Waals surface area contributed by atoms with E-state index >= 15 is 0 Å². The van der Waals surface area contributed by atoms with E-state index in [4.69, 9.17) is 21.4 Å². The Morgan fingerprint density at radius 3 is 2.65 bits per heavy atom. The highest BCUT2D eigenvalue weighted by molar-refractivity contribution is 6.40. The van der Waals surface area contributed by atoms with E-state index in [1.54, 1.807) is 0 Å². The van der Waals surface area contributed by atoms with Gasteiger partial charge in [0.05, 0.1) is 11.6 Å². The second-order valence-corrected chi connectivity index (χ2v) is 4.44. The van der Waals surface area contributed by atoms with Crippen LogP contribution in [-0.2, 0) is 4.79 Å². The zero-order chi connectivity index (χ0) is 12.4. The Morgan fingerprint density at radius 2 is 2.12 bits per heavy atom. The van der Waals surface area contributed by atoms with Crippen molar-refractivity contribution in [1.29, 1.82) is 0 Å². The molecular formula is C12H11ClO4. The predicted molar refractivity (Wildman–Crippen MR) is 61.6 cm³/mol. The van der Waals surface area contributed by atoms with Crippen molar-refractivity contribution >= 4 is 23.4 Å². The standard InChI is InChI=1S/C12H11ClO4/c13-9-5-8(11(14)12(15)16)3-4-10(9)17-6-7-1-2-7/h3-5,7H,1-2,6H2,(H,15,16). The van der Waals surface area contributed by atoms with Gasteiger partial charge in [-0.05, 0) is 37.0 Å². The minimum atomic E-state index is -1.49. The van der Waals surface area contributed by atoms with Crippen molar-refractivity contribution in [1.82, 2.24) is 0 Å². The largest absolute Gasteiger partial charge is 0.492 e. The quantitative estimate of drug-likeness (QED) is 0.647. The number of carbonyl (C=O) groups is 2. The molecule has 0 saturated heterocycles. The number of ketones is 1. The molecule has 0 radical (unpaired) electrons. The third-order valence-electron chi connectivity index (χ3n) is 2.56. The fourth-order valence-electron chi connectivity index (χ4n) is 1.37. The van der Waals surface area contributed by atoms with E-state index in [0.29, 0.717) is 18.3 Å². The first kappa shape index (κ1) is 11.9. The molecule has 0 aromatic heterocycles. The minimum Gasteiger partial charge on any atom is -0.492 e. The summed E-state index contributed by atoms with van der Waals surface area (Å²) in [7, 11) is 0. The number of hydrogen-bond acceptors (Lipinski definition) is 3. The molecule has 1 aromatic carbocycles. The van der Waals surface area contributed by atoms with Gasteiger partial charge < -0.3 is 9.84 Å². The molecule has 0 bridgehead atoms. The summed E-state index contributed by atoms with van der Waals surface area (Å²) >= 11 is 5.91. The third kappa shape index (κ3) is 2.97. The monoisotopic (exact) mass is 254 g/mol. The van der Waals surface area contributed by atoms with E-state index in [2.05, 4.69) is 0 Å². The van der Waals surface area contributed by atoms with Gasteiger partial charge in [-0.15, -0.1) is 0 Å². The van der Waals surface area contributed by atoms with Crippen LogP contribution in [0.3, 0.4) is 0 Å². The van der Waals surface area contributed by atoms with E-state index in [-0.39, 0.29) is 10.6 Å². The average molecular weight is 255 g/mol. The van der Waals surface area contributed by atoms with E-state index in [1.165, 1.54) is 31.0 Å². The van der Waals surface area contributed by atoms with Crippen molar-refractivity contribution in [2.24, 2.45) is 5.92 Å². The number of ether oxygens (including phenoxy) is 1. The summed E-state index contributed by atoms with van der Waals surface area (Å²) in [5.74, 6) is -1.37. The van der Waals surface area contributed by atoms with Gasteiger partial charge in [0.2, 0.25) is 0 Å². The number of Topliss-reactive ketones (excluding diaryl/α,β-unsaturated/α-hetero) is 1. The van der Waals surface area contributed by atoms with Gasteiger partial charge in [-0.3, -0.25) is 4.79 Å². The molecule has 0 atom stereocenters. The summed E-state index contributed by atoms with van der Waals surface area (Å²) in [5.41, 5.74) is 0.0567. The lowest BCUT2D eigenvalue weighted by Gasteiger charge is -2.07. The molecule has 2 rings (SSSR count). The van der Waals surface area contributed by atoms with Gasteiger partial charge in [0.15, 0.2) is 0 Å². The summed E-state index contributed by atoms with van der Waals surface area (Å²) in [6.07, 6.45) is 2.35. The first-order valence-corrected chi connectivity index (χ1v) is 5.65.